The van der Waals surface area contributed by atoms with Crippen molar-refractivity contribution in [2.24, 2.45) is 5.92 Å². The van der Waals surface area contributed by atoms with Crippen LogP contribution in [0.5, 0.6) is 5.88 Å². The lowest BCUT2D eigenvalue weighted by Gasteiger charge is -2.30. The molecule has 0 radical (unpaired) electrons. The number of hydrogen-bond donors (Lipinski definition) is 1. The summed E-state index contributed by atoms with van der Waals surface area (Å²) < 4.78 is 31.6. The van der Waals surface area contributed by atoms with Gasteiger partial charge < -0.3 is 19.1 Å². The van der Waals surface area contributed by atoms with Crippen LogP contribution in [0.25, 0.3) is 11.3 Å². The van der Waals surface area contributed by atoms with E-state index in [1.165, 1.54) is 31.0 Å². The van der Waals surface area contributed by atoms with E-state index in [0.717, 1.165) is 6.20 Å². The Kier molecular flexibility index (Phi) is 6.14. The van der Waals surface area contributed by atoms with Crippen LogP contribution in [0.15, 0.2) is 18.3 Å². The molecule has 0 aromatic carbocycles. The Bertz CT molecular complexity index is 967. The monoisotopic (exact) mass is 433 g/mol. The number of amides is 1. The second-order valence-corrected chi connectivity index (χ2v) is 7.33. The maximum Gasteiger partial charge on any atom is 0.308 e. The number of hydrogen-bond acceptors (Lipinski definition) is 8. The van der Waals surface area contributed by atoms with Gasteiger partial charge in [0.2, 0.25) is 12.2 Å². The van der Waals surface area contributed by atoms with Gasteiger partial charge in [0.05, 0.1) is 38.6 Å². The van der Waals surface area contributed by atoms with E-state index in [1.54, 1.807) is 4.90 Å². The average molecular weight is 433 g/mol. The highest BCUT2D eigenvalue weighted by Crippen LogP contribution is 2.30. The van der Waals surface area contributed by atoms with E-state index in [0.29, 0.717) is 44.8 Å². The SMILES string of the molecule is COC(=O)C1CCN(C(=O)c2cc(-c3cc(OC)ncc3F)n(C3NCCO3)n2)CC1. The van der Waals surface area contributed by atoms with Gasteiger partial charge in [-0.15, -0.1) is 0 Å². The fourth-order valence-corrected chi connectivity index (χ4v) is 3.82. The maximum atomic E-state index is 14.6. The first-order chi connectivity index (χ1) is 15.0. The Morgan fingerprint density at radius 2 is 2.03 bits per heavy atom. The van der Waals surface area contributed by atoms with E-state index in [2.05, 4.69) is 15.4 Å². The third kappa shape index (κ3) is 4.23. The minimum absolute atomic E-state index is 0.166. The highest BCUT2D eigenvalue weighted by molar-refractivity contribution is 5.93. The summed E-state index contributed by atoms with van der Waals surface area (Å²) in [6.45, 7) is 1.90. The quantitative estimate of drug-likeness (QED) is 0.701. The molecule has 10 nitrogen and oxygen atoms in total. The molecule has 4 heterocycles. The molecule has 2 fully saturated rings. The summed E-state index contributed by atoms with van der Waals surface area (Å²) >= 11 is 0. The summed E-state index contributed by atoms with van der Waals surface area (Å²) in [4.78, 5) is 30.4. The Hall–Kier alpha value is -3.05. The number of halogens is 1. The zero-order valence-electron chi connectivity index (χ0n) is 17.3. The topological polar surface area (TPSA) is 108 Å². The number of esters is 1. The van der Waals surface area contributed by atoms with Crippen LogP contribution >= 0.6 is 0 Å². The van der Waals surface area contributed by atoms with Gasteiger partial charge >= 0.3 is 5.97 Å². The van der Waals surface area contributed by atoms with Crippen molar-refractivity contribution in [3.8, 4) is 17.1 Å². The van der Waals surface area contributed by atoms with Crippen LogP contribution in [-0.4, -0.2) is 72.0 Å². The van der Waals surface area contributed by atoms with Crippen molar-refractivity contribution in [3.63, 3.8) is 0 Å². The molecular weight excluding hydrogens is 409 g/mol. The van der Waals surface area contributed by atoms with Gasteiger partial charge in [0, 0.05) is 31.3 Å². The lowest BCUT2D eigenvalue weighted by Crippen LogP contribution is -2.40. The molecule has 2 aliphatic rings. The first-order valence-electron chi connectivity index (χ1n) is 10.0. The molecule has 4 rings (SSSR count). The lowest BCUT2D eigenvalue weighted by molar-refractivity contribution is -0.146. The molecule has 0 saturated carbocycles. The molecule has 1 amide bonds. The van der Waals surface area contributed by atoms with Crippen molar-refractivity contribution in [1.29, 1.82) is 0 Å². The second kappa shape index (κ2) is 8.98. The number of piperidine rings is 1. The molecule has 31 heavy (non-hydrogen) atoms. The number of carbonyl (C=O) groups is 2. The van der Waals surface area contributed by atoms with Crippen molar-refractivity contribution in [2.75, 3.05) is 40.5 Å². The predicted molar refractivity (Wildman–Crippen MR) is 106 cm³/mol. The van der Waals surface area contributed by atoms with Crippen LogP contribution in [0.2, 0.25) is 0 Å². The number of nitrogens with zero attached hydrogens (tertiary/aromatic N) is 4. The molecule has 0 spiro atoms. The molecule has 2 saturated heterocycles. The number of nitrogens with one attached hydrogen (secondary N) is 1. The number of ether oxygens (including phenoxy) is 3. The zero-order chi connectivity index (χ0) is 22.0. The van der Waals surface area contributed by atoms with Crippen molar-refractivity contribution in [1.82, 2.24) is 25.0 Å². The molecule has 2 aromatic heterocycles. The highest BCUT2D eigenvalue weighted by Gasteiger charge is 2.31. The summed E-state index contributed by atoms with van der Waals surface area (Å²) in [6, 6.07) is 2.99. The Balaban J connectivity index is 1.63. The molecule has 11 heteroatoms. The fraction of sp³-hybridized carbons (Fsp3) is 0.500. The van der Waals surface area contributed by atoms with Crippen LogP contribution in [0.1, 0.15) is 29.7 Å². The molecule has 1 atom stereocenters. The van der Waals surface area contributed by atoms with Gasteiger partial charge in [0.25, 0.3) is 5.91 Å². The maximum absolute atomic E-state index is 14.6. The molecule has 1 N–H and O–H groups in total. The van der Waals surface area contributed by atoms with Crippen molar-refractivity contribution >= 4 is 11.9 Å². The van der Waals surface area contributed by atoms with Crippen LogP contribution in [0.4, 0.5) is 4.39 Å². The van der Waals surface area contributed by atoms with Crippen LogP contribution < -0.4 is 10.1 Å². The third-order valence-corrected chi connectivity index (χ3v) is 5.51. The Morgan fingerprint density at radius 3 is 2.68 bits per heavy atom. The van der Waals surface area contributed by atoms with Crippen molar-refractivity contribution < 1.29 is 28.2 Å². The largest absolute Gasteiger partial charge is 0.481 e. The van der Waals surface area contributed by atoms with Crippen LogP contribution in [-0.2, 0) is 14.3 Å². The van der Waals surface area contributed by atoms with Crippen molar-refractivity contribution in [2.45, 2.75) is 19.2 Å². The number of pyridine rings is 1. The normalized spacial score (nSPS) is 19.5. The van der Waals surface area contributed by atoms with E-state index in [4.69, 9.17) is 14.2 Å². The lowest BCUT2D eigenvalue weighted by atomic mass is 9.97. The van der Waals surface area contributed by atoms with Gasteiger partial charge in [-0.2, -0.15) is 5.10 Å². The van der Waals surface area contributed by atoms with Gasteiger partial charge in [-0.1, -0.05) is 0 Å². The van der Waals surface area contributed by atoms with Crippen LogP contribution in [0.3, 0.4) is 0 Å². The molecular formula is C20H24FN5O5. The van der Waals surface area contributed by atoms with E-state index in [-0.39, 0.29) is 34.9 Å². The van der Waals surface area contributed by atoms with E-state index < -0.39 is 12.2 Å². The minimum Gasteiger partial charge on any atom is -0.481 e. The summed E-state index contributed by atoms with van der Waals surface area (Å²) in [5, 5.41) is 7.55. The smallest absolute Gasteiger partial charge is 0.308 e. The minimum atomic E-state index is -0.625. The summed E-state index contributed by atoms with van der Waals surface area (Å²) in [5.41, 5.74) is 0.726. The predicted octanol–water partition coefficient (Wildman–Crippen LogP) is 1.19. The van der Waals surface area contributed by atoms with E-state index >= 15 is 0 Å². The molecule has 166 valence electrons. The summed E-state index contributed by atoms with van der Waals surface area (Å²) in [6.07, 6.45) is 1.48. The second-order valence-electron chi connectivity index (χ2n) is 7.33. The molecule has 2 aromatic rings. The van der Waals surface area contributed by atoms with E-state index in [1.807, 2.05) is 0 Å². The number of likely N-dealkylation sites (tertiary alicyclic amines) is 1. The van der Waals surface area contributed by atoms with Gasteiger partial charge in [-0.3, -0.25) is 14.9 Å². The standard InChI is InChI=1S/C20H24FN5O5/c1-29-17-9-13(14(21)11-23-17)16-10-15(24-26(16)20-22-5-8-31-20)18(27)25-6-3-12(4-7-25)19(28)30-2/h9-12,20,22H,3-8H2,1-2H3. The Labute approximate surface area is 178 Å². The first-order valence-corrected chi connectivity index (χ1v) is 10.0. The van der Waals surface area contributed by atoms with Gasteiger partial charge in [-0.05, 0) is 18.9 Å². The zero-order valence-corrected chi connectivity index (χ0v) is 17.3. The number of aromatic nitrogens is 3. The van der Waals surface area contributed by atoms with E-state index in [9.17, 15) is 14.0 Å². The van der Waals surface area contributed by atoms with Gasteiger partial charge in [0.15, 0.2) is 11.5 Å². The molecule has 2 aliphatic heterocycles. The molecule has 0 aliphatic carbocycles. The Morgan fingerprint density at radius 1 is 1.26 bits per heavy atom. The number of carbonyl (C=O) groups excluding carboxylic acids is 2. The summed E-state index contributed by atoms with van der Waals surface area (Å²) in [7, 11) is 2.80. The summed E-state index contributed by atoms with van der Waals surface area (Å²) in [5.74, 6) is -1.09. The van der Waals surface area contributed by atoms with Gasteiger partial charge in [0.1, 0.15) is 0 Å². The first kappa shape index (κ1) is 21.2. The molecule has 1 unspecified atom stereocenters. The van der Waals surface area contributed by atoms with Crippen LogP contribution in [0, 0.1) is 11.7 Å². The number of methoxy groups -OCH3 is 2. The molecule has 0 bridgehead atoms. The fourth-order valence-electron chi connectivity index (χ4n) is 3.82. The highest BCUT2D eigenvalue weighted by atomic mass is 19.1. The number of rotatable bonds is 5. The average Bonchev–Trinajstić information content (AvgIpc) is 3.48. The third-order valence-electron chi connectivity index (χ3n) is 5.51. The van der Waals surface area contributed by atoms with Crippen molar-refractivity contribution in [3.05, 3.63) is 29.8 Å². The van der Waals surface area contributed by atoms with Gasteiger partial charge in [-0.25, -0.2) is 14.1 Å².